The zero-order valence-electron chi connectivity index (χ0n) is 53.5. The van der Waals surface area contributed by atoms with Crippen LogP contribution in [0.3, 0.4) is 0 Å². The Balaban J connectivity index is 4.09. The molecule has 0 spiro atoms. The Morgan fingerprint density at radius 1 is 0.259 bits per heavy atom. The minimum absolute atomic E-state index is 0.0925. The molecule has 0 bridgehead atoms. The molecule has 0 aromatic carbocycles. The van der Waals surface area contributed by atoms with Gasteiger partial charge < -0.3 is 14.2 Å². The molecule has 0 aliphatic rings. The van der Waals surface area contributed by atoms with Crippen LogP contribution in [0.5, 0.6) is 0 Å². The van der Waals surface area contributed by atoms with Gasteiger partial charge in [-0.15, -0.1) is 0 Å². The van der Waals surface area contributed by atoms with Crippen LogP contribution in [0, 0.1) is 0 Å². The SMILES string of the molecule is CC/C=C\C/C=C\C/C=C\C/C=C\C/C=C\C/C=C\C/C=C\C/C=C\CCCCC(=O)OC(COC(=O)CCCCCCCC)COC(=O)CCCCCCCCCCCCCCCCCCCCCCCCCCCCCCCC. The van der Waals surface area contributed by atoms with Gasteiger partial charge in [0.05, 0.1) is 0 Å². The van der Waals surface area contributed by atoms with Crippen molar-refractivity contribution in [3.8, 4) is 0 Å². The first-order valence-corrected chi connectivity index (χ1v) is 34.7. The fourth-order valence-electron chi connectivity index (χ4n) is 9.93. The molecular formula is C75H130O6. The van der Waals surface area contributed by atoms with Gasteiger partial charge in [0.15, 0.2) is 6.10 Å². The molecule has 0 fully saturated rings. The van der Waals surface area contributed by atoms with Gasteiger partial charge in [-0.1, -0.05) is 336 Å². The third-order valence-electron chi connectivity index (χ3n) is 15.1. The van der Waals surface area contributed by atoms with E-state index in [2.05, 4.69) is 118 Å². The lowest BCUT2D eigenvalue weighted by atomic mass is 10.0. The summed E-state index contributed by atoms with van der Waals surface area (Å²) in [6.45, 7) is 6.47. The van der Waals surface area contributed by atoms with E-state index in [1.54, 1.807) is 0 Å². The second-order valence-corrected chi connectivity index (χ2v) is 23.1. The summed E-state index contributed by atoms with van der Waals surface area (Å²) in [7, 11) is 0. The predicted octanol–water partition coefficient (Wildman–Crippen LogP) is 24.0. The minimum Gasteiger partial charge on any atom is -0.462 e. The van der Waals surface area contributed by atoms with Gasteiger partial charge in [0.1, 0.15) is 13.2 Å². The molecule has 0 aliphatic heterocycles. The maximum atomic E-state index is 12.8. The maximum absolute atomic E-state index is 12.8. The number of carbonyl (C=O) groups is 3. The number of esters is 3. The van der Waals surface area contributed by atoms with E-state index in [-0.39, 0.29) is 37.5 Å². The Hall–Kier alpha value is -3.67. The topological polar surface area (TPSA) is 78.9 Å². The van der Waals surface area contributed by atoms with Crippen LogP contribution < -0.4 is 0 Å². The van der Waals surface area contributed by atoms with Crippen molar-refractivity contribution in [3.63, 3.8) is 0 Å². The maximum Gasteiger partial charge on any atom is 0.306 e. The van der Waals surface area contributed by atoms with Crippen molar-refractivity contribution in [2.45, 2.75) is 348 Å². The fraction of sp³-hybridized carbons (Fsp3) is 0.747. The molecule has 6 heteroatoms. The van der Waals surface area contributed by atoms with E-state index in [1.807, 2.05) is 0 Å². The summed E-state index contributed by atoms with van der Waals surface area (Å²) in [6.07, 6.45) is 93.4. The minimum atomic E-state index is -0.798. The van der Waals surface area contributed by atoms with E-state index in [1.165, 1.54) is 193 Å². The van der Waals surface area contributed by atoms with Crippen LogP contribution >= 0.6 is 0 Å². The molecule has 1 unspecified atom stereocenters. The van der Waals surface area contributed by atoms with Crippen LogP contribution in [0.4, 0.5) is 0 Å². The van der Waals surface area contributed by atoms with Gasteiger partial charge in [-0.25, -0.2) is 0 Å². The monoisotopic (exact) mass is 1130 g/mol. The average Bonchev–Trinajstić information content (AvgIpc) is 3.47. The molecule has 6 nitrogen and oxygen atoms in total. The van der Waals surface area contributed by atoms with E-state index in [4.69, 9.17) is 14.2 Å². The molecule has 0 radical (unpaired) electrons. The number of unbranched alkanes of at least 4 members (excludes halogenated alkanes) is 36. The molecule has 0 saturated carbocycles. The molecule has 0 heterocycles. The first-order chi connectivity index (χ1) is 40.0. The highest BCUT2D eigenvalue weighted by Gasteiger charge is 2.19. The van der Waals surface area contributed by atoms with Crippen LogP contribution in [0.25, 0.3) is 0 Å². The second kappa shape index (κ2) is 68.8. The smallest absolute Gasteiger partial charge is 0.306 e. The van der Waals surface area contributed by atoms with Gasteiger partial charge in [-0.3, -0.25) is 14.4 Å². The largest absolute Gasteiger partial charge is 0.462 e. The van der Waals surface area contributed by atoms with Gasteiger partial charge in [0.2, 0.25) is 0 Å². The molecule has 0 rings (SSSR count). The van der Waals surface area contributed by atoms with Gasteiger partial charge in [0, 0.05) is 19.3 Å². The van der Waals surface area contributed by atoms with Crippen molar-refractivity contribution in [3.05, 3.63) is 97.2 Å². The standard InChI is InChI=1S/C75H130O6/c1-4-7-10-13-16-18-20-22-24-26-28-30-32-34-36-37-38-40-41-43-45-47-49-51-53-55-57-59-62-65-68-74(77)80-71-72(70-79-73(76)67-64-61-15-12-9-6-3)81-75(78)69-66-63-60-58-56-54-52-50-48-46-44-42-39-35-33-31-29-27-25-23-21-19-17-14-11-8-5-2/h8,11,17,19,23,25,29,31,35,39,44,46,50,52,56,58,72H,4-7,9-10,12-16,18,20-22,24,26-28,30,32-34,36-38,40-43,45,47-49,51,53-55,57,59-71H2,1-3H3/b11-8-,19-17-,25-23-,31-29-,39-35-,46-44-,52-50-,58-56-. The van der Waals surface area contributed by atoms with Crippen LogP contribution in [0.15, 0.2) is 97.2 Å². The number of rotatable bonds is 63. The van der Waals surface area contributed by atoms with Crippen molar-refractivity contribution >= 4 is 17.9 Å². The molecule has 81 heavy (non-hydrogen) atoms. The molecule has 0 aromatic rings. The van der Waals surface area contributed by atoms with E-state index in [9.17, 15) is 14.4 Å². The van der Waals surface area contributed by atoms with Crippen LogP contribution in [-0.2, 0) is 28.6 Å². The average molecular weight is 1130 g/mol. The van der Waals surface area contributed by atoms with Crippen LogP contribution in [0.2, 0.25) is 0 Å². The molecule has 466 valence electrons. The zero-order valence-corrected chi connectivity index (χ0v) is 53.5. The summed E-state index contributed by atoms with van der Waals surface area (Å²) < 4.78 is 16.8. The summed E-state index contributed by atoms with van der Waals surface area (Å²) >= 11 is 0. The Morgan fingerprint density at radius 2 is 0.481 bits per heavy atom. The lowest BCUT2D eigenvalue weighted by Crippen LogP contribution is -2.30. The van der Waals surface area contributed by atoms with Crippen LogP contribution in [0.1, 0.15) is 342 Å². The first-order valence-electron chi connectivity index (χ1n) is 34.7. The Morgan fingerprint density at radius 3 is 0.753 bits per heavy atom. The van der Waals surface area contributed by atoms with Gasteiger partial charge in [0.25, 0.3) is 0 Å². The van der Waals surface area contributed by atoms with E-state index in [0.29, 0.717) is 19.3 Å². The molecule has 1 atom stereocenters. The van der Waals surface area contributed by atoms with Crippen molar-refractivity contribution < 1.29 is 28.6 Å². The summed E-state index contributed by atoms with van der Waals surface area (Å²) in [5.41, 5.74) is 0. The lowest BCUT2D eigenvalue weighted by Gasteiger charge is -2.18. The Kier molecular flexibility index (Phi) is 65.7. The third kappa shape index (κ3) is 67.0. The van der Waals surface area contributed by atoms with E-state index >= 15 is 0 Å². The highest BCUT2D eigenvalue weighted by Crippen LogP contribution is 2.18. The number of allylic oxidation sites excluding steroid dienone is 16. The summed E-state index contributed by atoms with van der Waals surface area (Å²) in [6, 6.07) is 0. The van der Waals surface area contributed by atoms with Crippen molar-refractivity contribution in [1.82, 2.24) is 0 Å². The van der Waals surface area contributed by atoms with Crippen molar-refractivity contribution in [2.24, 2.45) is 0 Å². The molecule has 0 aliphatic carbocycles. The highest BCUT2D eigenvalue weighted by molar-refractivity contribution is 5.71. The quantitative estimate of drug-likeness (QED) is 0.0261. The molecule has 0 amide bonds. The number of hydrogen-bond donors (Lipinski definition) is 0. The second-order valence-electron chi connectivity index (χ2n) is 23.1. The number of ether oxygens (including phenoxy) is 3. The Labute approximate surface area is 502 Å². The number of hydrogen-bond acceptors (Lipinski definition) is 6. The lowest BCUT2D eigenvalue weighted by molar-refractivity contribution is -0.167. The molecule has 0 saturated heterocycles. The molecule has 0 N–H and O–H groups in total. The van der Waals surface area contributed by atoms with E-state index < -0.39 is 6.10 Å². The molecule has 0 aromatic heterocycles. The van der Waals surface area contributed by atoms with Gasteiger partial charge >= 0.3 is 17.9 Å². The first kappa shape index (κ1) is 77.3. The Bertz CT molecular complexity index is 1580. The summed E-state index contributed by atoms with van der Waals surface area (Å²) in [5, 5.41) is 0. The fourth-order valence-corrected chi connectivity index (χ4v) is 9.93. The summed E-state index contributed by atoms with van der Waals surface area (Å²) in [5.74, 6) is -0.935. The molecular weight excluding hydrogens is 997 g/mol. The van der Waals surface area contributed by atoms with Crippen molar-refractivity contribution in [1.29, 1.82) is 0 Å². The normalized spacial score (nSPS) is 12.7. The predicted molar refractivity (Wildman–Crippen MR) is 353 cm³/mol. The number of carbonyl (C=O) groups excluding carboxylic acids is 3. The van der Waals surface area contributed by atoms with Crippen LogP contribution in [-0.4, -0.2) is 37.2 Å². The third-order valence-corrected chi connectivity index (χ3v) is 15.1. The van der Waals surface area contributed by atoms with E-state index in [0.717, 1.165) is 103 Å². The zero-order chi connectivity index (χ0) is 58.5. The summed E-state index contributed by atoms with van der Waals surface area (Å²) in [4.78, 5) is 38.1. The van der Waals surface area contributed by atoms with Gasteiger partial charge in [-0.2, -0.15) is 0 Å². The van der Waals surface area contributed by atoms with Crippen molar-refractivity contribution in [2.75, 3.05) is 13.2 Å². The van der Waals surface area contributed by atoms with Gasteiger partial charge in [-0.05, 0) is 83.5 Å². The highest BCUT2D eigenvalue weighted by atomic mass is 16.6.